The zero-order chi connectivity index (χ0) is 20.4. The number of aromatic nitrogens is 4. The van der Waals surface area contributed by atoms with Gasteiger partial charge in [0.25, 0.3) is 0 Å². The molecule has 2 atom stereocenters. The Morgan fingerprint density at radius 1 is 1.03 bits per heavy atom. The zero-order valence-electron chi connectivity index (χ0n) is 15.8. The summed E-state index contributed by atoms with van der Waals surface area (Å²) in [5.74, 6) is 0.561. The normalized spacial score (nSPS) is 20.7. The number of hydrogen-bond acceptors (Lipinski definition) is 5. The average Bonchev–Trinajstić information content (AvgIpc) is 3.16. The molecule has 0 N–H and O–H groups in total. The van der Waals surface area contributed by atoms with Gasteiger partial charge in [-0.25, -0.2) is 0 Å². The van der Waals surface area contributed by atoms with Crippen LogP contribution in [-0.2, 0) is 17.5 Å². The van der Waals surface area contributed by atoms with E-state index in [4.69, 9.17) is 4.74 Å². The van der Waals surface area contributed by atoms with E-state index >= 15 is 0 Å². The second kappa shape index (κ2) is 7.92. The van der Waals surface area contributed by atoms with E-state index in [0.29, 0.717) is 31.1 Å². The van der Waals surface area contributed by atoms with E-state index in [9.17, 15) is 13.2 Å². The number of nitrogens with zero attached hydrogens (tertiary/aromatic N) is 5. The highest BCUT2D eigenvalue weighted by Crippen LogP contribution is 2.30. The van der Waals surface area contributed by atoms with Crippen molar-refractivity contribution in [2.75, 3.05) is 13.1 Å². The Morgan fingerprint density at radius 3 is 2.45 bits per heavy atom. The Morgan fingerprint density at radius 2 is 1.76 bits per heavy atom. The van der Waals surface area contributed by atoms with Gasteiger partial charge < -0.3 is 4.74 Å². The molecule has 3 aromatic rings. The van der Waals surface area contributed by atoms with Crippen molar-refractivity contribution in [1.82, 2.24) is 25.1 Å². The molecule has 4 rings (SSSR count). The van der Waals surface area contributed by atoms with Gasteiger partial charge in [0.1, 0.15) is 0 Å². The summed E-state index contributed by atoms with van der Waals surface area (Å²) in [5.41, 5.74) is 0.883. The average molecular weight is 403 g/mol. The topological polar surface area (TPSA) is 56.1 Å². The summed E-state index contributed by atoms with van der Waals surface area (Å²) in [6.45, 7) is 3.86. The van der Waals surface area contributed by atoms with Crippen LogP contribution >= 0.6 is 0 Å². The first-order valence-corrected chi connectivity index (χ1v) is 9.28. The molecule has 0 radical (unpaired) electrons. The predicted octanol–water partition coefficient (Wildman–Crippen LogP) is 3.64. The van der Waals surface area contributed by atoms with Crippen LogP contribution in [0.25, 0.3) is 5.69 Å². The van der Waals surface area contributed by atoms with Gasteiger partial charge in [-0.05, 0) is 47.2 Å². The third-order valence-electron chi connectivity index (χ3n) is 4.85. The van der Waals surface area contributed by atoms with Gasteiger partial charge in [0.05, 0.1) is 30.0 Å². The van der Waals surface area contributed by atoms with Gasteiger partial charge in [-0.15, -0.1) is 5.10 Å². The Bertz CT molecular complexity index is 943. The standard InChI is InChI=1S/C20H20F3N5O/c1-14-11-27(12-18(29-14)15-5-3-2-4-6-15)13-19-24-25-26-28(19)17-9-7-16(8-10-17)20(21,22)23/h2-10,14,18H,11-13H2,1H3. The van der Waals surface area contributed by atoms with Crippen LogP contribution in [0.4, 0.5) is 13.2 Å². The number of tetrazole rings is 1. The molecule has 1 aliphatic heterocycles. The molecule has 0 amide bonds. The summed E-state index contributed by atoms with van der Waals surface area (Å²) in [4.78, 5) is 2.19. The largest absolute Gasteiger partial charge is 0.416 e. The number of halogens is 3. The van der Waals surface area contributed by atoms with Gasteiger partial charge >= 0.3 is 6.18 Å². The number of hydrogen-bond donors (Lipinski definition) is 0. The van der Waals surface area contributed by atoms with Crippen LogP contribution in [0.3, 0.4) is 0 Å². The molecular formula is C20H20F3N5O. The summed E-state index contributed by atoms with van der Waals surface area (Å²) in [7, 11) is 0. The number of rotatable bonds is 4. The molecule has 29 heavy (non-hydrogen) atoms. The van der Waals surface area contributed by atoms with Crippen LogP contribution in [0.2, 0.25) is 0 Å². The summed E-state index contributed by atoms with van der Waals surface area (Å²) < 4.78 is 45.9. The number of morpholine rings is 1. The fourth-order valence-electron chi connectivity index (χ4n) is 3.52. The van der Waals surface area contributed by atoms with Crippen molar-refractivity contribution in [3.63, 3.8) is 0 Å². The maximum atomic E-state index is 12.8. The molecule has 2 aromatic carbocycles. The minimum atomic E-state index is -4.38. The van der Waals surface area contributed by atoms with E-state index in [1.54, 1.807) is 0 Å². The fourth-order valence-corrected chi connectivity index (χ4v) is 3.52. The molecule has 152 valence electrons. The van der Waals surface area contributed by atoms with Crippen molar-refractivity contribution < 1.29 is 17.9 Å². The molecule has 1 saturated heterocycles. The Kier molecular flexibility index (Phi) is 5.33. The van der Waals surface area contributed by atoms with Crippen LogP contribution in [0.5, 0.6) is 0 Å². The number of benzene rings is 2. The first-order chi connectivity index (χ1) is 13.9. The summed E-state index contributed by atoms with van der Waals surface area (Å²) in [6, 6.07) is 14.8. The third kappa shape index (κ3) is 4.46. The molecule has 0 spiro atoms. The lowest BCUT2D eigenvalue weighted by Gasteiger charge is -2.36. The van der Waals surface area contributed by atoms with E-state index in [2.05, 4.69) is 20.4 Å². The Labute approximate surface area is 165 Å². The highest BCUT2D eigenvalue weighted by atomic mass is 19.4. The summed E-state index contributed by atoms with van der Waals surface area (Å²) >= 11 is 0. The predicted molar refractivity (Wildman–Crippen MR) is 99.2 cm³/mol. The smallest absolute Gasteiger partial charge is 0.368 e. The fraction of sp³-hybridized carbons (Fsp3) is 0.350. The Balaban J connectivity index is 1.51. The van der Waals surface area contributed by atoms with Crippen molar-refractivity contribution in [1.29, 1.82) is 0 Å². The van der Waals surface area contributed by atoms with E-state index < -0.39 is 11.7 Å². The van der Waals surface area contributed by atoms with Gasteiger partial charge in [0.15, 0.2) is 5.82 Å². The molecule has 1 aromatic heterocycles. The Hall–Kier alpha value is -2.78. The first-order valence-electron chi connectivity index (χ1n) is 9.28. The van der Waals surface area contributed by atoms with Crippen LogP contribution < -0.4 is 0 Å². The molecule has 2 heterocycles. The monoisotopic (exact) mass is 403 g/mol. The number of ether oxygens (including phenoxy) is 1. The quantitative estimate of drug-likeness (QED) is 0.666. The third-order valence-corrected chi connectivity index (χ3v) is 4.85. The zero-order valence-corrected chi connectivity index (χ0v) is 15.8. The molecule has 0 bridgehead atoms. The van der Waals surface area contributed by atoms with Crippen molar-refractivity contribution in [3.05, 3.63) is 71.5 Å². The van der Waals surface area contributed by atoms with Gasteiger partial charge in [-0.2, -0.15) is 17.9 Å². The molecule has 6 nitrogen and oxygen atoms in total. The van der Waals surface area contributed by atoms with Crippen molar-refractivity contribution in [2.45, 2.75) is 31.9 Å². The van der Waals surface area contributed by atoms with Crippen LogP contribution in [-0.4, -0.2) is 44.3 Å². The first kappa shape index (κ1) is 19.5. The van der Waals surface area contributed by atoms with E-state index in [0.717, 1.165) is 17.7 Å². The van der Waals surface area contributed by atoms with Gasteiger partial charge in [-0.3, -0.25) is 4.90 Å². The minimum Gasteiger partial charge on any atom is -0.368 e. The minimum absolute atomic E-state index is 0.0318. The van der Waals surface area contributed by atoms with Crippen LogP contribution in [0.15, 0.2) is 54.6 Å². The van der Waals surface area contributed by atoms with E-state index in [1.807, 2.05) is 37.3 Å². The van der Waals surface area contributed by atoms with Crippen LogP contribution in [0.1, 0.15) is 30.0 Å². The second-order valence-electron chi connectivity index (χ2n) is 7.09. The van der Waals surface area contributed by atoms with Gasteiger partial charge in [0.2, 0.25) is 0 Å². The lowest BCUT2D eigenvalue weighted by Crippen LogP contribution is -2.42. The maximum Gasteiger partial charge on any atom is 0.416 e. The van der Waals surface area contributed by atoms with Crippen molar-refractivity contribution in [3.8, 4) is 5.69 Å². The molecule has 1 aliphatic rings. The molecular weight excluding hydrogens is 383 g/mol. The molecule has 1 fully saturated rings. The van der Waals surface area contributed by atoms with E-state index in [-0.39, 0.29) is 12.2 Å². The highest BCUT2D eigenvalue weighted by molar-refractivity contribution is 5.35. The summed E-state index contributed by atoms with van der Waals surface area (Å²) in [6.07, 6.45) is -4.40. The number of alkyl halides is 3. The van der Waals surface area contributed by atoms with Crippen molar-refractivity contribution in [2.24, 2.45) is 0 Å². The van der Waals surface area contributed by atoms with Crippen molar-refractivity contribution >= 4 is 0 Å². The molecule has 0 aliphatic carbocycles. The molecule has 0 saturated carbocycles. The molecule has 2 unspecified atom stereocenters. The SMILES string of the molecule is CC1CN(Cc2nnnn2-c2ccc(C(F)(F)F)cc2)CC(c2ccccc2)O1. The lowest BCUT2D eigenvalue weighted by molar-refractivity contribution is -0.137. The van der Waals surface area contributed by atoms with Crippen LogP contribution in [0, 0.1) is 0 Å². The molecule has 9 heteroatoms. The van der Waals surface area contributed by atoms with Gasteiger partial charge in [-0.1, -0.05) is 30.3 Å². The lowest BCUT2D eigenvalue weighted by atomic mass is 10.1. The maximum absolute atomic E-state index is 12.8. The van der Waals surface area contributed by atoms with Gasteiger partial charge in [0, 0.05) is 13.1 Å². The second-order valence-corrected chi connectivity index (χ2v) is 7.09. The highest BCUT2D eigenvalue weighted by Gasteiger charge is 2.30. The van der Waals surface area contributed by atoms with E-state index in [1.165, 1.54) is 16.8 Å². The summed E-state index contributed by atoms with van der Waals surface area (Å²) in [5, 5.41) is 11.7.